The van der Waals surface area contributed by atoms with Gasteiger partial charge in [0.05, 0.1) is 13.1 Å². The highest BCUT2D eigenvalue weighted by atomic mass is 19.3. The highest BCUT2D eigenvalue weighted by Crippen LogP contribution is 2.33. The molecule has 0 unspecified atom stereocenters. The summed E-state index contributed by atoms with van der Waals surface area (Å²) in [6.45, 7) is 4.39. The molecule has 2 aromatic rings. The normalized spacial score (nSPS) is 21.2. The van der Waals surface area contributed by atoms with Gasteiger partial charge in [-0.15, -0.1) is 0 Å². The van der Waals surface area contributed by atoms with Crippen molar-refractivity contribution in [2.45, 2.75) is 57.5 Å². The van der Waals surface area contributed by atoms with Gasteiger partial charge in [0.15, 0.2) is 11.6 Å². The van der Waals surface area contributed by atoms with Gasteiger partial charge in [-0.2, -0.15) is 4.39 Å². The Hall–Kier alpha value is -2.84. The van der Waals surface area contributed by atoms with Gasteiger partial charge < -0.3 is 19.3 Å². The van der Waals surface area contributed by atoms with Crippen LogP contribution in [0.5, 0.6) is 5.75 Å². The summed E-state index contributed by atoms with van der Waals surface area (Å²) in [7, 11) is 0. The van der Waals surface area contributed by atoms with E-state index in [-0.39, 0.29) is 42.3 Å². The van der Waals surface area contributed by atoms with Gasteiger partial charge in [0, 0.05) is 32.4 Å². The number of hydrogen-bond acceptors (Lipinski definition) is 6. The standard InChI is InChI=1S/C24H29F3N4O2/c1-16(12-17(2)32)18-4-6-19(7-5-18)33-20-8-11-30(13-20)22-21(25)23(29-15-28-22)31-10-3-9-24(26,27)14-31/h4-7,15-16,20H,3,8-14H2,1-2H3/t16-,20-/m1/s1. The number of hydrogen-bond donors (Lipinski definition) is 0. The molecule has 0 amide bonds. The molecule has 1 aromatic carbocycles. The third-order valence-electron chi connectivity index (χ3n) is 6.24. The van der Waals surface area contributed by atoms with Gasteiger partial charge in [0.25, 0.3) is 5.92 Å². The first-order valence-electron chi connectivity index (χ1n) is 11.4. The first kappa shape index (κ1) is 23.3. The van der Waals surface area contributed by atoms with Crippen molar-refractivity contribution in [1.82, 2.24) is 9.97 Å². The zero-order valence-corrected chi connectivity index (χ0v) is 18.9. The van der Waals surface area contributed by atoms with Crippen LogP contribution < -0.4 is 14.5 Å². The number of carbonyl (C=O) groups excluding carboxylic acids is 1. The molecule has 0 N–H and O–H groups in total. The monoisotopic (exact) mass is 462 g/mol. The van der Waals surface area contributed by atoms with Crippen LogP contribution in [-0.4, -0.2) is 54.0 Å². The summed E-state index contributed by atoms with van der Waals surface area (Å²) in [5.74, 6) is -2.45. The van der Waals surface area contributed by atoms with Gasteiger partial charge in [0.1, 0.15) is 24.0 Å². The number of nitrogens with zero attached hydrogens (tertiary/aromatic N) is 4. The van der Waals surface area contributed by atoms with Gasteiger partial charge in [-0.3, -0.25) is 0 Å². The molecular weight excluding hydrogens is 433 g/mol. The van der Waals surface area contributed by atoms with E-state index in [0.29, 0.717) is 38.2 Å². The number of benzene rings is 1. The maximum atomic E-state index is 15.2. The number of rotatable bonds is 7. The van der Waals surface area contributed by atoms with E-state index in [2.05, 4.69) is 9.97 Å². The number of aromatic nitrogens is 2. The second kappa shape index (κ2) is 9.57. The summed E-state index contributed by atoms with van der Waals surface area (Å²) < 4.78 is 48.9. The van der Waals surface area contributed by atoms with Crippen molar-refractivity contribution in [2.24, 2.45) is 0 Å². The van der Waals surface area contributed by atoms with Gasteiger partial charge in [-0.25, -0.2) is 18.7 Å². The topological polar surface area (TPSA) is 58.6 Å². The van der Waals surface area contributed by atoms with Crippen LogP contribution in [0.3, 0.4) is 0 Å². The minimum atomic E-state index is -2.85. The quantitative estimate of drug-likeness (QED) is 0.600. The average Bonchev–Trinajstić information content (AvgIpc) is 3.21. The molecule has 0 radical (unpaired) electrons. The van der Waals surface area contributed by atoms with Gasteiger partial charge in [0.2, 0.25) is 5.82 Å². The van der Waals surface area contributed by atoms with E-state index < -0.39 is 18.3 Å². The maximum absolute atomic E-state index is 15.2. The fourth-order valence-corrected chi connectivity index (χ4v) is 4.57. The molecule has 33 heavy (non-hydrogen) atoms. The molecule has 2 saturated heterocycles. The molecule has 3 heterocycles. The van der Waals surface area contributed by atoms with Crippen molar-refractivity contribution < 1.29 is 22.7 Å². The number of ketones is 1. The predicted octanol–water partition coefficient (Wildman–Crippen LogP) is 4.59. The Bertz CT molecular complexity index is 986. The molecule has 1 aromatic heterocycles. The number of piperidine rings is 1. The lowest BCUT2D eigenvalue weighted by Gasteiger charge is -2.33. The van der Waals surface area contributed by atoms with Crippen molar-refractivity contribution in [3.05, 3.63) is 42.0 Å². The van der Waals surface area contributed by atoms with Crippen molar-refractivity contribution in [3.63, 3.8) is 0 Å². The number of ether oxygens (including phenoxy) is 1. The Morgan fingerprint density at radius 3 is 2.55 bits per heavy atom. The van der Waals surface area contributed by atoms with E-state index in [1.165, 1.54) is 11.2 Å². The van der Waals surface area contributed by atoms with E-state index in [4.69, 9.17) is 4.74 Å². The van der Waals surface area contributed by atoms with E-state index in [0.717, 1.165) is 5.56 Å². The zero-order chi connectivity index (χ0) is 23.6. The Morgan fingerprint density at radius 2 is 1.88 bits per heavy atom. The van der Waals surface area contributed by atoms with Crippen LogP contribution in [0.4, 0.5) is 24.8 Å². The first-order valence-corrected chi connectivity index (χ1v) is 11.4. The molecule has 178 valence electrons. The van der Waals surface area contributed by atoms with E-state index >= 15 is 4.39 Å². The second-order valence-electron chi connectivity index (χ2n) is 9.07. The third-order valence-corrected chi connectivity index (χ3v) is 6.24. The maximum Gasteiger partial charge on any atom is 0.265 e. The molecule has 0 bridgehead atoms. The molecule has 0 aliphatic carbocycles. The van der Waals surface area contributed by atoms with Crippen LogP contribution in [0.1, 0.15) is 51.0 Å². The fourth-order valence-electron chi connectivity index (χ4n) is 4.57. The molecule has 6 nitrogen and oxygen atoms in total. The molecule has 2 fully saturated rings. The van der Waals surface area contributed by atoms with Crippen molar-refractivity contribution in [1.29, 1.82) is 0 Å². The number of Topliss-reactive ketones (excluding diaryl/α,β-unsaturated/α-hetero) is 1. The fraction of sp³-hybridized carbons (Fsp3) is 0.542. The van der Waals surface area contributed by atoms with Gasteiger partial charge in [-0.1, -0.05) is 19.1 Å². The smallest absolute Gasteiger partial charge is 0.265 e. The van der Waals surface area contributed by atoms with Crippen LogP contribution in [-0.2, 0) is 4.79 Å². The molecule has 2 aliphatic heterocycles. The third kappa shape index (κ3) is 5.57. The number of halogens is 3. The lowest BCUT2D eigenvalue weighted by atomic mass is 9.96. The predicted molar refractivity (Wildman–Crippen MR) is 120 cm³/mol. The number of anilines is 2. The Balaban J connectivity index is 1.39. The molecule has 0 saturated carbocycles. The van der Waals surface area contributed by atoms with E-state index in [9.17, 15) is 13.6 Å². The Morgan fingerprint density at radius 1 is 1.18 bits per heavy atom. The van der Waals surface area contributed by atoms with Gasteiger partial charge >= 0.3 is 0 Å². The van der Waals surface area contributed by atoms with Crippen molar-refractivity contribution in [3.8, 4) is 5.75 Å². The van der Waals surface area contributed by atoms with Crippen LogP contribution in [0.15, 0.2) is 30.6 Å². The molecule has 2 aliphatic rings. The van der Waals surface area contributed by atoms with Crippen molar-refractivity contribution in [2.75, 3.05) is 36.0 Å². The van der Waals surface area contributed by atoms with Crippen LogP contribution in [0.25, 0.3) is 0 Å². The molecule has 2 atom stereocenters. The highest BCUT2D eigenvalue weighted by Gasteiger charge is 2.37. The summed E-state index contributed by atoms with van der Waals surface area (Å²) in [5, 5.41) is 0. The van der Waals surface area contributed by atoms with E-state index in [1.54, 1.807) is 11.8 Å². The summed E-state index contributed by atoms with van der Waals surface area (Å²) in [6.07, 6.45) is 2.36. The minimum Gasteiger partial charge on any atom is -0.489 e. The Kier molecular flexibility index (Phi) is 6.76. The second-order valence-corrected chi connectivity index (χ2v) is 9.07. The molecule has 9 heteroatoms. The SMILES string of the molecule is CC(=O)C[C@@H](C)c1ccc(O[C@@H]2CCN(c3ncnc(N4CCCC(F)(F)C4)c3F)C2)cc1. The molecule has 4 rings (SSSR count). The van der Waals surface area contributed by atoms with E-state index in [1.807, 2.05) is 31.2 Å². The highest BCUT2D eigenvalue weighted by molar-refractivity contribution is 5.76. The largest absolute Gasteiger partial charge is 0.489 e. The Labute approximate surface area is 191 Å². The average molecular weight is 463 g/mol. The van der Waals surface area contributed by atoms with Crippen LogP contribution in [0.2, 0.25) is 0 Å². The summed E-state index contributed by atoms with van der Waals surface area (Å²) in [5.41, 5.74) is 1.07. The first-order chi connectivity index (χ1) is 15.7. The lowest BCUT2D eigenvalue weighted by molar-refractivity contribution is -0.117. The summed E-state index contributed by atoms with van der Waals surface area (Å²) >= 11 is 0. The summed E-state index contributed by atoms with van der Waals surface area (Å²) in [6, 6.07) is 7.68. The van der Waals surface area contributed by atoms with Crippen LogP contribution in [0, 0.1) is 5.82 Å². The summed E-state index contributed by atoms with van der Waals surface area (Å²) in [4.78, 5) is 22.5. The lowest BCUT2D eigenvalue weighted by Crippen LogP contribution is -2.43. The van der Waals surface area contributed by atoms with Crippen molar-refractivity contribution >= 4 is 17.4 Å². The number of carbonyl (C=O) groups is 1. The zero-order valence-electron chi connectivity index (χ0n) is 18.9. The van der Waals surface area contributed by atoms with Gasteiger partial charge in [-0.05, 0) is 37.0 Å². The molecular formula is C24H29F3N4O2. The number of alkyl halides is 2. The minimum absolute atomic E-state index is 0.0704. The molecule has 0 spiro atoms. The van der Waals surface area contributed by atoms with Crippen LogP contribution >= 0.6 is 0 Å².